The normalized spacial score (nSPS) is 11.2. The van der Waals surface area contributed by atoms with Crippen LogP contribution in [0.25, 0.3) is 6.08 Å². The number of carbonyl (C=O) groups excluding carboxylic acids is 1. The molecule has 0 saturated heterocycles. The predicted octanol–water partition coefficient (Wildman–Crippen LogP) is 5.31. The molecule has 0 spiro atoms. The lowest BCUT2D eigenvalue weighted by Gasteiger charge is -2.17. The molecule has 0 fully saturated rings. The van der Waals surface area contributed by atoms with Crippen LogP contribution >= 0.6 is 0 Å². The molecular weight excluding hydrogens is 427 g/mol. The number of benzene rings is 2. The van der Waals surface area contributed by atoms with Gasteiger partial charge in [-0.25, -0.2) is 0 Å². The van der Waals surface area contributed by atoms with E-state index in [2.05, 4.69) is 4.74 Å². The van der Waals surface area contributed by atoms with Gasteiger partial charge in [0.15, 0.2) is 0 Å². The molecule has 0 aliphatic carbocycles. The van der Waals surface area contributed by atoms with Crippen LogP contribution in [0.15, 0.2) is 54.1 Å². The topological polar surface area (TPSA) is 79.9 Å². The lowest BCUT2D eigenvalue weighted by molar-refractivity contribution is -0.274. The number of allylic oxidation sites excluding steroid dienone is 2. The highest BCUT2D eigenvalue weighted by atomic mass is 19.4. The van der Waals surface area contributed by atoms with E-state index in [4.69, 9.17) is 9.47 Å². The summed E-state index contributed by atoms with van der Waals surface area (Å²) < 4.78 is 52.3. The average Bonchev–Trinajstić information content (AvgIpc) is 2.74. The first kappa shape index (κ1) is 24.8. The van der Waals surface area contributed by atoms with E-state index in [1.54, 1.807) is 12.1 Å². The third-order valence-corrected chi connectivity index (χ3v) is 4.24. The molecule has 1 amide bonds. The summed E-state index contributed by atoms with van der Waals surface area (Å²) in [5.41, 5.74) is 4.19. The van der Waals surface area contributed by atoms with Crippen LogP contribution in [0.5, 0.6) is 17.2 Å². The minimum Gasteiger partial charge on any atom is -0.759 e. The van der Waals surface area contributed by atoms with Gasteiger partial charge in [-0.1, -0.05) is 23.8 Å². The number of amides is 1. The summed E-state index contributed by atoms with van der Waals surface area (Å²) in [6.45, 7) is 3.93. The Kier molecular flexibility index (Phi) is 8.71. The van der Waals surface area contributed by atoms with Gasteiger partial charge in [-0.15, -0.1) is 13.2 Å². The predicted molar refractivity (Wildman–Crippen MR) is 114 cm³/mol. The fourth-order valence-electron chi connectivity index (χ4n) is 2.76. The summed E-state index contributed by atoms with van der Waals surface area (Å²) in [6, 6.07) is 8.70. The number of rotatable bonds is 9. The molecule has 2 aromatic carbocycles. The Bertz CT molecular complexity index is 978. The number of methoxy groups -OCH3 is 1. The van der Waals surface area contributed by atoms with Crippen molar-refractivity contribution in [2.75, 3.05) is 7.11 Å². The summed E-state index contributed by atoms with van der Waals surface area (Å²) in [4.78, 5) is 11.4. The highest BCUT2D eigenvalue weighted by Gasteiger charge is 2.30. The molecule has 0 unspecified atom stereocenters. The second-order valence-corrected chi connectivity index (χ2v) is 6.93. The Morgan fingerprint density at radius 2 is 1.81 bits per heavy atom. The van der Waals surface area contributed by atoms with Crippen LogP contribution in [0.1, 0.15) is 30.5 Å². The first-order valence-corrected chi connectivity index (χ1v) is 9.54. The van der Waals surface area contributed by atoms with Gasteiger partial charge in [0.2, 0.25) is 5.91 Å². The number of hydrogen-bond donors (Lipinski definition) is 1. The fourth-order valence-corrected chi connectivity index (χ4v) is 2.76. The standard InChI is InChI=1S/C23H23F3NO5/c1-15(2)4-11-19-20(30-3)12-7-17(8-13-21(28)27-29)22(19)31-14-16-5-9-18(10-6-16)32-23(24,25)26/h4-10,12-13H,11,14H2,1-3H3,(H-,27,28,29)/q-1/b13-8+. The van der Waals surface area contributed by atoms with Gasteiger partial charge >= 0.3 is 6.36 Å². The van der Waals surface area contributed by atoms with Crippen LogP contribution in [0.4, 0.5) is 13.2 Å². The lowest BCUT2D eigenvalue weighted by Crippen LogP contribution is -2.17. The van der Waals surface area contributed by atoms with Gasteiger partial charge in [0.1, 0.15) is 23.9 Å². The second kappa shape index (κ2) is 11.2. The van der Waals surface area contributed by atoms with Crippen molar-refractivity contribution in [2.24, 2.45) is 0 Å². The minimum atomic E-state index is -4.77. The van der Waals surface area contributed by atoms with Crippen molar-refractivity contribution in [1.29, 1.82) is 0 Å². The number of hydrogen-bond acceptors (Lipinski definition) is 5. The van der Waals surface area contributed by atoms with Crippen molar-refractivity contribution in [2.45, 2.75) is 33.2 Å². The largest absolute Gasteiger partial charge is 0.759 e. The SMILES string of the molecule is COc1ccc(/C=C/C(=O)N[O-])c(OCc2ccc(OC(F)(F)F)cc2)c1CC=C(C)C. The Hall–Kier alpha value is -3.46. The van der Waals surface area contributed by atoms with Crippen LogP contribution in [0, 0.1) is 5.21 Å². The maximum Gasteiger partial charge on any atom is 0.573 e. The highest BCUT2D eigenvalue weighted by molar-refractivity contribution is 5.92. The molecule has 0 aliphatic rings. The van der Waals surface area contributed by atoms with Crippen molar-refractivity contribution in [3.05, 3.63) is 76.0 Å². The molecule has 6 nitrogen and oxygen atoms in total. The van der Waals surface area contributed by atoms with Crippen molar-refractivity contribution in [3.8, 4) is 17.2 Å². The van der Waals surface area contributed by atoms with Gasteiger partial charge in [-0.3, -0.25) is 4.79 Å². The molecule has 0 radical (unpaired) electrons. The molecule has 2 rings (SSSR count). The number of ether oxygens (including phenoxy) is 3. The van der Waals surface area contributed by atoms with E-state index in [-0.39, 0.29) is 12.4 Å². The van der Waals surface area contributed by atoms with Crippen LogP contribution in [-0.4, -0.2) is 19.4 Å². The molecule has 0 saturated carbocycles. The Balaban J connectivity index is 2.36. The molecule has 0 atom stereocenters. The van der Waals surface area contributed by atoms with E-state index in [0.717, 1.165) is 17.2 Å². The molecule has 0 aromatic heterocycles. The number of hydroxylamine groups is 1. The quantitative estimate of drug-likeness (QED) is 0.318. The second-order valence-electron chi connectivity index (χ2n) is 6.93. The van der Waals surface area contributed by atoms with E-state index < -0.39 is 12.3 Å². The maximum atomic E-state index is 12.3. The van der Waals surface area contributed by atoms with E-state index in [1.807, 2.05) is 19.9 Å². The fraction of sp³-hybridized carbons (Fsp3) is 0.261. The van der Waals surface area contributed by atoms with Crippen LogP contribution in [0.2, 0.25) is 0 Å². The van der Waals surface area contributed by atoms with Gasteiger partial charge in [-0.2, -0.15) is 0 Å². The van der Waals surface area contributed by atoms with Gasteiger partial charge in [0.25, 0.3) is 0 Å². The smallest absolute Gasteiger partial charge is 0.573 e. The van der Waals surface area contributed by atoms with E-state index in [9.17, 15) is 23.2 Å². The van der Waals surface area contributed by atoms with Gasteiger partial charge in [0.05, 0.1) is 7.11 Å². The zero-order valence-electron chi connectivity index (χ0n) is 17.8. The maximum absolute atomic E-state index is 12.3. The van der Waals surface area contributed by atoms with Gasteiger partial charge < -0.3 is 24.9 Å². The molecular formula is C23H23F3NO5-. The summed E-state index contributed by atoms with van der Waals surface area (Å²) in [5, 5.41) is 10.5. The Labute approximate surface area is 183 Å². The van der Waals surface area contributed by atoms with Crippen LogP contribution < -0.4 is 19.7 Å². The number of nitrogens with one attached hydrogen (secondary N) is 1. The number of alkyl halides is 3. The van der Waals surface area contributed by atoms with Gasteiger partial charge in [-0.05, 0) is 56.2 Å². The van der Waals surface area contributed by atoms with E-state index in [1.165, 1.54) is 42.9 Å². The summed E-state index contributed by atoms with van der Waals surface area (Å²) in [7, 11) is 1.52. The highest BCUT2D eigenvalue weighted by Crippen LogP contribution is 2.35. The van der Waals surface area contributed by atoms with Crippen molar-refractivity contribution in [3.63, 3.8) is 0 Å². The average molecular weight is 450 g/mol. The Morgan fingerprint density at radius 3 is 2.38 bits per heavy atom. The third-order valence-electron chi connectivity index (χ3n) is 4.24. The Morgan fingerprint density at radius 1 is 1.12 bits per heavy atom. The van der Waals surface area contributed by atoms with Crippen LogP contribution in [-0.2, 0) is 17.8 Å². The van der Waals surface area contributed by atoms with Gasteiger partial charge in [0, 0.05) is 17.2 Å². The molecule has 32 heavy (non-hydrogen) atoms. The van der Waals surface area contributed by atoms with Crippen LogP contribution in [0.3, 0.4) is 0 Å². The third kappa shape index (κ3) is 7.66. The zero-order chi connectivity index (χ0) is 23.7. The zero-order valence-corrected chi connectivity index (χ0v) is 17.8. The molecule has 1 N–H and O–H groups in total. The monoisotopic (exact) mass is 450 g/mol. The molecule has 0 bridgehead atoms. The molecule has 2 aromatic rings. The van der Waals surface area contributed by atoms with Crippen molar-refractivity contribution in [1.82, 2.24) is 5.48 Å². The molecule has 0 aliphatic heterocycles. The number of halogens is 3. The molecule has 0 heterocycles. The molecule has 172 valence electrons. The van der Waals surface area contributed by atoms with E-state index in [0.29, 0.717) is 29.0 Å². The lowest BCUT2D eigenvalue weighted by atomic mass is 10.0. The minimum absolute atomic E-state index is 0.0376. The van der Waals surface area contributed by atoms with Crippen molar-refractivity contribution < 1.29 is 32.2 Å². The summed E-state index contributed by atoms with van der Waals surface area (Å²) >= 11 is 0. The number of carbonyl (C=O) groups is 1. The van der Waals surface area contributed by atoms with Crippen molar-refractivity contribution >= 4 is 12.0 Å². The first-order chi connectivity index (χ1) is 15.1. The molecule has 9 heteroatoms. The summed E-state index contributed by atoms with van der Waals surface area (Å²) in [6.07, 6.45) is 0.209. The summed E-state index contributed by atoms with van der Waals surface area (Å²) in [5.74, 6) is -0.165. The van der Waals surface area contributed by atoms with E-state index >= 15 is 0 Å². The first-order valence-electron chi connectivity index (χ1n) is 9.54.